The maximum atomic E-state index is 12.3. The highest BCUT2D eigenvalue weighted by Crippen LogP contribution is 2.40. The highest BCUT2D eigenvalue weighted by atomic mass is 32.1. The lowest BCUT2D eigenvalue weighted by molar-refractivity contribution is -0.153. The molecule has 0 saturated heterocycles. The Labute approximate surface area is 170 Å². The summed E-state index contributed by atoms with van der Waals surface area (Å²) in [7, 11) is 0. The van der Waals surface area contributed by atoms with E-state index < -0.39 is 0 Å². The Hall–Kier alpha value is -2.21. The van der Waals surface area contributed by atoms with Gasteiger partial charge in [-0.25, -0.2) is 4.98 Å². The lowest BCUT2D eigenvalue weighted by Gasteiger charge is -2.36. The molecule has 1 heterocycles. The van der Waals surface area contributed by atoms with Crippen LogP contribution in [0.1, 0.15) is 46.5 Å². The van der Waals surface area contributed by atoms with Gasteiger partial charge in [0.2, 0.25) is 0 Å². The maximum absolute atomic E-state index is 12.3. The van der Waals surface area contributed by atoms with E-state index in [1.165, 1.54) is 11.3 Å². The van der Waals surface area contributed by atoms with Crippen molar-refractivity contribution in [3.8, 4) is 11.3 Å². The third-order valence-corrected chi connectivity index (χ3v) is 6.21. The van der Waals surface area contributed by atoms with E-state index in [4.69, 9.17) is 4.74 Å². The van der Waals surface area contributed by atoms with E-state index in [9.17, 15) is 9.59 Å². The van der Waals surface area contributed by atoms with Crippen LogP contribution in [0, 0.1) is 17.3 Å². The van der Waals surface area contributed by atoms with Gasteiger partial charge in [0, 0.05) is 10.9 Å². The van der Waals surface area contributed by atoms with Crippen molar-refractivity contribution in [2.24, 2.45) is 17.3 Å². The third-order valence-electron chi connectivity index (χ3n) is 5.45. The van der Waals surface area contributed by atoms with Crippen molar-refractivity contribution in [3.05, 3.63) is 35.7 Å². The molecule has 0 unspecified atom stereocenters. The van der Waals surface area contributed by atoms with Crippen LogP contribution in [0.25, 0.3) is 11.3 Å². The highest BCUT2D eigenvalue weighted by molar-refractivity contribution is 7.14. The summed E-state index contributed by atoms with van der Waals surface area (Å²) in [4.78, 5) is 28.8. The van der Waals surface area contributed by atoms with Gasteiger partial charge in [-0.3, -0.25) is 14.9 Å². The van der Waals surface area contributed by atoms with Gasteiger partial charge in [0.05, 0.1) is 11.6 Å². The summed E-state index contributed by atoms with van der Waals surface area (Å²) in [6.45, 7) is 6.49. The van der Waals surface area contributed by atoms with Crippen LogP contribution in [0.4, 0.5) is 5.13 Å². The van der Waals surface area contributed by atoms with Gasteiger partial charge in [-0.1, -0.05) is 51.1 Å². The first-order chi connectivity index (χ1) is 13.3. The number of carbonyl (C=O) groups excluding carboxylic acids is 2. The maximum Gasteiger partial charge on any atom is 0.309 e. The fourth-order valence-electron chi connectivity index (χ4n) is 3.68. The summed E-state index contributed by atoms with van der Waals surface area (Å²) in [5, 5.41) is 5.11. The van der Waals surface area contributed by atoms with E-state index in [1.54, 1.807) is 0 Å². The number of aromatic nitrogens is 1. The smallest absolute Gasteiger partial charge is 0.309 e. The second-order valence-corrected chi connectivity index (χ2v) is 9.33. The third kappa shape index (κ3) is 5.41. The number of hydrogen-bond acceptors (Lipinski definition) is 5. The van der Waals surface area contributed by atoms with Crippen molar-refractivity contribution in [3.63, 3.8) is 0 Å². The van der Waals surface area contributed by atoms with Crippen LogP contribution in [-0.2, 0) is 14.3 Å². The van der Waals surface area contributed by atoms with Crippen molar-refractivity contribution in [1.82, 2.24) is 4.98 Å². The molecule has 1 fully saturated rings. The average molecular weight is 401 g/mol. The second kappa shape index (κ2) is 8.86. The van der Waals surface area contributed by atoms with E-state index >= 15 is 0 Å². The first kappa shape index (κ1) is 20.5. The van der Waals surface area contributed by atoms with Crippen molar-refractivity contribution < 1.29 is 14.3 Å². The Balaban J connectivity index is 1.44. The summed E-state index contributed by atoms with van der Waals surface area (Å²) >= 11 is 1.35. The summed E-state index contributed by atoms with van der Waals surface area (Å²) in [5.41, 5.74) is 2.09. The molecule has 0 aliphatic heterocycles. The topological polar surface area (TPSA) is 68.3 Å². The number of esters is 1. The van der Waals surface area contributed by atoms with Gasteiger partial charge in [-0.15, -0.1) is 11.3 Å². The number of hydrogen-bond donors (Lipinski definition) is 1. The summed E-state index contributed by atoms with van der Waals surface area (Å²) in [6, 6.07) is 9.78. The number of rotatable bonds is 5. The van der Waals surface area contributed by atoms with E-state index in [0.717, 1.165) is 36.9 Å². The van der Waals surface area contributed by atoms with Crippen LogP contribution in [0.2, 0.25) is 0 Å². The van der Waals surface area contributed by atoms with Crippen molar-refractivity contribution >= 4 is 28.3 Å². The minimum atomic E-state index is -0.356. The number of amides is 1. The summed E-state index contributed by atoms with van der Waals surface area (Å²) < 4.78 is 5.25. The van der Waals surface area contributed by atoms with Crippen LogP contribution in [0.5, 0.6) is 0 Å². The molecule has 2 aromatic rings. The number of ether oxygens (including phenoxy) is 1. The number of nitrogens with zero attached hydrogens (tertiary/aromatic N) is 1. The fourth-order valence-corrected chi connectivity index (χ4v) is 4.41. The van der Waals surface area contributed by atoms with Gasteiger partial charge < -0.3 is 4.74 Å². The van der Waals surface area contributed by atoms with E-state index in [1.807, 2.05) is 35.7 Å². The standard InChI is InChI=1S/C22H28N2O3S/c1-22(2,3)17-11-9-16(10-12-17)20(26)27-13-19(25)24-21-23-18(14-28-21)15-7-5-4-6-8-15/h4-8,14,16-17H,9-13H2,1-3H3,(H,23,24,25). The lowest BCUT2D eigenvalue weighted by Crippen LogP contribution is -2.31. The van der Waals surface area contributed by atoms with E-state index in [-0.39, 0.29) is 29.8 Å². The molecule has 1 aromatic heterocycles. The summed E-state index contributed by atoms with van der Waals surface area (Å²) in [5.74, 6) is -0.0585. The van der Waals surface area contributed by atoms with Crippen molar-refractivity contribution in [2.75, 3.05) is 11.9 Å². The molecule has 1 aliphatic carbocycles. The Morgan fingerprint density at radius 2 is 1.82 bits per heavy atom. The molecule has 1 aromatic carbocycles. The predicted octanol–water partition coefficient (Wildman–Crippen LogP) is 5.14. The molecular weight excluding hydrogens is 372 g/mol. The minimum absolute atomic E-state index is 0.0871. The molecule has 28 heavy (non-hydrogen) atoms. The van der Waals surface area contributed by atoms with Gasteiger partial charge in [-0.05, 0) is 37.0 Å². The molecule has 1 amide bonds. The molecule has 1 aliphatic rings. The number of thiazole rings is 1. The lowest BCUT2D eigenvalue weighted by atomic mass is 9.70. The first-order valence-corrected chi connectivity index (χ1v) is 10.7. The van der Waals surface area contributed by atoms with E-state index in [2.05, 4.69) is 31.1 Å². The van der Waals surface area contributed by atoms with Crippen LogP contribution in [0.15, 0.2) is 35.7 Å². The number of nitrogens with one attached hydrogen (secondary N) is 1. The Kier molecular flexibility index (Phi) is 6.50. The molecule has 3 rings (SSSR count). The molecular formula is C22H28N2O3S. The monoisotopic (exact) mass is 400 g/mol. The van der Waals surface area contributed by atoms with Crippen LogP contribution < -0.4 is 5.32 Å². The number of benzene rings is 1. The SMILES string of the molecule is CC(C)(C)C1CCC(C(=O)OCC(=O)Nc2nc(-c3ccccc3)cs2)CC1. The van der Waals surface area contributed by atoms with E-state index in [0.29, 0.717) is 11.0 Å². The second-order valence-electron chi connectivity index (χ2n) is 8.47. The van der Waals surface area contributed by atoms with Gasteiger partial charge in [0.25, 0.3) is 5.91 Å². The molecule has 1 saturated carbocycles. The van der Waals surface area contributed by atoms with Gasteiger partial charge in [0.15, 0.2) is 11.7 Å². The zero-order valence-corrected chi connectivity index (χ0v) is 17.6. The molecule has 0 atom stereocenters. The zero-order valence-electron chi connectivity index (χ0n) is 16.7. The molecule has 6 heteroatoms. The highest BCUT2D eigenvalue weighted by Gasteiger charge is 2.33. The van der Waals surface area contributed by atoms with Gasteiger partial charge >= 0.3 is 5.97 Å². The van der Waals surface area contributed by atoms with Gasteiger partial charge in [-0.2, -0.15) is 0 Å². The van der Waals surface area contributed by atoms with Crippen molar-refractivity contribution in [2.45, 2.75) is 46.5 Å². The first-order valence-electron chi connectivity index (χ1n) is 9.80. The number of carbonyl (C=O) groups is 2. The zero-order chi connectivity index (χ0) is 20.1. The summed E-state index contributed by atoms with van der Waals surface area (Å²) in [6.07, 6.45) is 3.76. The molecule has 1 N–H and O–H groups in total. The normalized spacial score (nSPS) is 19.8. The van der Waals surface area contributed by atoms with Crippen LogP contribution >= 0.6 is 11.3 Å². The largest absolute Gasteiger partial charge is 0.455 e. The number of anilines is 1. The Morgan fingerprint density at radius 1 is 1.14 bits per heavy atom. The quantitative estimate of drug-likeness (QED) is 0.705. The molecule has 5 nitrogen and oxygen atoms in total. The van der Waals surface area contributed by atoms with Crippen molar-refractivity contribution in [1.29, 1.82) is 0 Å². The predicted molar refractivity (Wildman–Crippen MR) is 112 cm³/mol. The molecule has 0 radical (unpaired) electrons. The van der Waals surface area contributed by atoms with Gasteiger partial charge in [0.1, 0.15) is 0 Å². The molecule has 150 valence electrons. The average Bonchev–Trinajstić information content (AvgIpc) is 3.14. The van der Waals surface area contributed by atoms with Crippen LogP contribution in [0.3, 0.4) is 0 Å². The minimum Gasteiger partial charge on any atom is -0.455 e. The molecule has 0 spiro atoms. The molecule has 0 bridgehead atoms. The Morgan fingerprint density at radius 3 is 2.46 bits per heavy atom. The fraction of sp³-hybridized carbons (Fsp3) is 0.500. The Bertz CT molecular complexity index is 803. The van der Waals surface area contributed by atoms with Crippen LogP contribution in [-0.4, -0.2) is 23.5 Å².